The Kier molecular flexibility index (Phi) is 9.42. The van der Waals surface area contributed by atoms with Gasteiger partial charge in [0, 0.05) is 31.2 Å². The molecule has 0 aliphatic carbocycles. The van der Waals surface area contributed by atoms with Crippen LogP contribution in [0.2, 0.25) is 5.02 Å². The fourth-order valence-electron chi connectivity index (χ4n) is 3.29. The van der Waals surface area contributed by atoms with Crippen molar-refractivity contribution in [3.8, 4) is 0 Å². The van der Waals surface area contributed by atoms with E-state index >= 15 is 0 Å². The Balaban J connectivity index is 1.69. The van der Waals surface area contributed by atoms with E-state index in [0.29, 0.717) is 0 Å². The number of nitrogens with zero attached hydrogens (tertiary/aromatic N) is 2. The summed E-state index contributed by atoms with van der Waals surface area (Å²) in [5.41, 5.74) is 6.69. The Hall–Kier alpha value is -1.79. The number of hydrogen-bond donors (Lipinski definition) is 3. The second kappa shape index (κ2) is 11.8. The van der Waals surface area contributed by atoms with Gasteiger partial charge in [0.1, 0.15) is 0 Å². The number of nitrogens with two attached hydrogens (primary N) is 1. The van der Waals surface area contributed by atoms with E-state index in [1.807, 2.05) is 24.3 Å². The molecule has 7 heteroatoms. The quantitative estimate of drug-likeness (QED) is 0.340. The molecule has 1 aromatic rings. The maximum absolute atomic E-state index is 11.4. The smallest absolute Gasteiger partial charge is 0.221 e. The number of rotatable bonds is 9. The van der Waals surface area contributed by atoms with Crippen molar-refractivity contribution in [1.82, 2.24) is 15.5 Å². The van der Waals surface area contributed by atoms with Crippen LogP contribution in [0.3, 0.4) is 0 Å². The van der Waals surface area contributed by atoms with Gasteiger partial charge in [-0.15, -0.1) is 0 Å². The van der Waals surface area contributed by atoms with Crippen molar-refractivity contribution < 1.29 is 4.79 Å². The van der Waals surface area contributed by atoms with E-state index in [0.717, 1.165) is 75.9 Å². The summed E-state index contributed by atoms with van der Waals surface area (Å²) in [5.74, 6) is 0.686. The van der Waals surface area contributed by atoms with Crippen molar-refractivity contribution in [2.75, 3.05) is 39.3 Å². The van der Waals surface area contributed by atoms with Gasteiger partial charge in [0.25, 0.3) is 0 Å². The van der Waals surface area contributed by atoms with Crippen LogP contribution < -0.4 is 16.4 Å². The highest BCUT2D eigenvalue weighted by Gasteiger charge is 2.23. The fourth-order valence-corrected chi connectivity index (χ4v) is 3.42. The van der Waals surface area contributed by atoms with Gasteiger partial charge in [-0.3, -0.25) is 9.79 Å². The first kappa shape index (κ1) is 21.5. The van der Waals surface area contributed by atoms with Gasteiger partial charge in [0.15, 0.2) is 5.96 Å². The van der Waals surface area contributed by atoms with E-state index in [2.05, 4.69) is 27.4 Å². The van der Waals surface area contributed by atoms with Crippen molar-refractivity contribution >= 4 is 23.5 Å². The zero-order chi connectivity index (χ0) is 19.5. The van der Waals surface area contributed by atoms with E-state index in [9.17, 15) is 4.79 Å². The Morgan fingerprint density at radius 2 is 2.11 bits per heavy atom. The highest BCUT2D eigenvalue weighted by atomic mass is 35.5. The predicted octanol–water partition coefficient (Wildman–Crippen LogP) is 2.03. The number of likely N-dealkylation sites (tertiary alicyclic amines) is 1. The van der Waals surface area contributed by atoms with Crippen LogP contribution in [0, 0.1) is 5.92 Å². The molecule has 150 valence electrons. The monoisotopic (exact) mass is 393 g/mol. The van der Waals surface area contributed by atoms with Crippen LogP contribution in [0.4, 0.5) is 0 Å². The molecule has 1 saturated heterocycles. The minimum atomic E-state index is -0.169. The molecule has 1 aliphatic rings. The summed E-state index contributed by atoms with van der Waals surface area (Å²) in [4.78, 5) is 18.3. The molecule has 1 atom stereocenters. The molecule has 0 bridgehead atoms. The summed E-state index contributed by atoms with van der Waals surface area (Å²) < 4.78 is 0. The Bertz CT molecular complexity index is 605. The van der Waals surface area contributed by atoms with Gasteiger partial charge in [0.2, 0.25) is 5.91 Å². The first-order chi connectivity index (χ1) is 13.1. The summed E-state index contributed by atoms with van der Waals surface area (Å²) in [6.07, 6.45) is 3.86. The number of piperidine rings is 1. The molecule has 1 aliphatic heterocycles. The van der Waals surface area contributed by atoms with Crippen molar-refractivity contribution in [2.24, 2.45) is 16.6 Å². The number of amides is 1. The summed E-state index contributed by atoms with van der Waals surface area (Å²) in [7, 11) is 0. The van der Waals surface area contributed by atoms with Crippen LogP contribution in [0.25, 0.3) is 0 Å². The fraction of sp³-hybridized carbons (Fsp3) is 0.600. The standard InChI is InChI=1S/C20H32ClN5O/c1-2-23-20(25-12-10-16-6-8-18(21)9-7-16)24-11-4-14-26-13-3-5-17(15-26)19(22)27/h6-9,17H,2-5,10-15H2,1H3,(H2,22,27)(H2,23,24,25). The third kappa shape index (κ3) is 8.18. The SMILES string of the molecule is CCNC(=NCCCN1CCCC(C(N)=O)C1)NCCc1ccc(Cl)cc1. The molecule has 1 unspecified atom stereocenters. The molecule has 27 heavy (non-hydrogen) atoms. The number of carbonyl (C=O) groups excluding carboxylic acids is 1. The molecular formula is C20H32ClN5O. The normalized spacial score (nSPS) is 18.3. The van der Waals surface area contributed by atoms with Crippen LogP contribution in [0.15, 0.2) is 29.3 Å². The number of benzene rings is 1. The first-order valence-corrected chi connectivity index (χ1v) is 10.2. The Morgan fingerprint density at radius 3 is 2.81 bits per heavy atom. The summed E-state index contributed by atoms with van der Waals surface area (Å²) in [6.45, 7) is 7.27. The number of nitrogens with one attached hydrogen (secondary N) is 2. The van der Waals surface area contributed by atoms with Crippen molar-refractivity contribution in [2.45, 2.75) is 32.6 Å². The lowest BCUT2D eigenvalue weighted by Crippen LogP contribution is -2.41. The van der Waals surface area contributed by atoms with E-state index in [-0.39, 0.29) is 11.8 Å². The average molecular weight is 394 g/mol. The molecule has 0 spiro atoms. The zero-order valence-corrected chi connectivity index (χ0v) is 17.0. The predicted molar refractivity (Wildman–Crippen MR) is 112 cm³/mol. The highest BCUT2D eigenvalue weighted by molar-refractivity contribution is 6.30. The molecule has 6 nitrogen and oxygen atoms in total. The molecule has 1 aromatic carbocycles. The lowest BCUT2D eigenvalue weighted by Gasteiger charge is -2.30. The van der Waals surface area contributed by atoms with Crippen LogP contribution in [-0.2, 0) is 11.2 Å². The van der Waals surface area contributed by atoms with Gasteiger partial charge in [-0.05, 0) is 63.4 Å². The van der Waals surface area contributed by atoms with Gasteiger partial charge in [0.05, 0.1) is 5.92 Å². The van der Waals surface area contributed by atoms with E-state index in [4.69, 9.17) is 17.3 Å². The first-order valence-electron chi connectivity index (χ1n) is 9.86. The number of carbonyl (C=O) groups is 1. The molecular weight excluding hydrogens is 362 g/mol. The van der Waals surface area contributed by atoms with Crippen LogP contribution in [0.1, 0.15) is 31.7 Å². The third-order valence-corrected chi connectivity index (χ3v) is 5.03. The van der Waals surface area contributed by atoms with E-state index in [1.54, 1.807) is 0 Å². The molecule has 2 rings (SSSR count). The second-order valence-corrected chi connectivity index (χ2v) is 7.40. The van der Waals surface area contributed by atoms with Gasteiger partial charge in [-0.25, -0.2) is 0 Å². The lowest BCUT2D eigenvalue weighted by atomic mass is 9.97. The topological polar surface area (TPSA) is 82.8 Å². The number of primary amides is 1. The van der Waals surface area contributed by atoms with Crippen LogP contribution in [0.5, 0.6) is 0 Å². The summed E-state index contributed by atoms with van der Waals surface area (Å²) >= 11 is 5.92. The summed E-state index contributed by atoms with van der Waals surface area (Å²) in [5, 5.41) is 7.42. The molecule has 0 saturated carbocycles. The maximum Gasteiger partial charge on any atom is 0.221 e. The zero-order valence-electron chi connectivity index (χ0n) is 16.2. The van der Waals surface area contributed by atoms with Crippen LogP contribution in [-0.4, -0.2) is 56.0 Å². The number of halogens is 1. The number of aliphatic imine (C=N–C) groups is 1. The van der Waals surface area contributed by atoms with E-state index < -0.39 is 0 Å². The van der Waals surface area contributed by atoms with E-state index in [1.165, 1.54) is 5.56 Å². The molecule has 0 aromatic heterocycles. The maximum atomic E-state index is 11.4. The van der Waals surface area contributed by atoms with Gasteiger partial charge < -0.3 is 21.3 Å². The third-order valence-electron chi connectivity index (χ3n) is 4.77. The Morgan fingerprint density at radius 1 is 1.33 bits per heavy atom. The average Bonchev–Trinajstić information content (AvgIpc) is 2.67. The van der Waals surface area contributed by atoms with Gasteiger partial charge in [-0.2, -0.15) is 0 Å². The minimum Gasteiger partial charge on any atom is -0.369 e. The van der Waals surface area contributed by atoms with Crippen LogP contribution >= 0.6 is 11.6 Å². The molecule has 1 amide bonds. The van der Waals surface area contributed by atoms with Crippen molar-refractivity contribution in [3.63, 3.8) is 0 Å². The summed E-state index contributed by atoms with van der Waals surface area (Å²) in [6, 6.07) is 7.93. The highest BCUT2D eigenvalue weighted by Crippen LogP contribution is 2.16. The number of hydrogen-bond acceptors (Lipinski definition) is 3. The second-order valence-electron chi connectivity index (χ2n) is 6.96. The Labute approximate surface area is 167 Å². The van der Waals surface area contributed by atoms with Gasteiger partial charge >= 0.3 is 0 Å². The lowest BCUT2D eigenvalue weighted by molar-refractivity contribution is -0.123. The molecule has 4 N–H and O–H groups in total. The minimum absolute atomic E-state index is 0.00843. The largest absolute Gasteiger partial charge is 0.369 e. The van der Waals surface area contributed by atoms with Gasteiger partial charge in [-0.1, -0.05) is 23.7 Å². The van der Waals surface area contributed by atoms with Crippen molar-refractivity contribution in [3.05, 3.63) is 34.9 Å². The molecule has 0 radical (unpaired) electrons. The van der Waals surface area contributed by atoms with Crippen molar-refractivity contribution in [1.29, 1.82) is 0 Å². The molecule has 1 fully saturated rings. The number of guanidine groups is 1. The molecule has 1 heterocycles.